The summed E-state index contributed by atoms with van der Waals surface area (Å²) in [5, 5.41) is 5.21. The third kappa shape index (κ3) is 1.89. The summed E-state index contributed by atoms with van der Waals surface area (Å²) in [5.41, 5.74) is 9.90. The van der Waals surface area contributed by atoms with E-state index in [1.54, 1.807) is 6.07 Å². The molecular weight excluding hydrogens is 285 g/mol. The molecule has 0 bridgehead atoms. The van der Waals surface area contributed by atoms with Crippen molar-refractivity contribution >= 4 is 43.6 Å². The van der Waals surface area contributed by atoms with Crippen molar-refractivity contribution in [3.05, 3.63) is 53.3 Å². The summed E-state index contributed by atoms with van der Waals surface area (Å²) in [6.45, 7) is 2.03. The number of nitrogens with one attached hydrogen (secondary N) is 1. The summed E-state index contributed by atoms with van der Waals surface area (Å²) >= 11 is 1.49. The monoisotopic (exact) mass is 297 g/mol. The van der Waals surface area contributed by atoms with E-state index in [1.807, 2.05) is 25.1 Å². The van der Waals surface area contributed by atoms with Gasteiger partial charge in [0.15, 0.2) is 0 Å². The highest BCUT2D eigenvalue weighted by Crippen LogP contribution is 2.42. The van der Waals surface area contributed by atoms with Gasteiger partial charge in [0.2, 0.25) is 0 Å². The second-order valence-electron chi connectivity index (χ2n) is 5.09. The zero-order valence-corrected chi connectivity index (χ0v) is 12.1. The summed E-state index contributed by atoms with van der Waals surface area (Å²) in [6.07, 6.45) is 0. The van der Waals surface area contributed by atoms with Gasteiger partial charge in [-0.1, -0.05) is 6.07 Å². The van der Waals surface area contributed by atoms with Crippen molar-refractivity contribution in [3.8, 4) is 0 Å². The third-order valence-electron chi connectivity index (χ3n) is 3.55. The number of anilines is 2. The molecule has 3 aromatic rings. The van der Waals surface area contributed by atoms with Crippen molar-refractivity contribution in [1.29, 1.82) is 0 Å². The van der Waals surface area contributed by atoms with Crippen molar-refractivity contribution in [3.63, 3.8) is 0 Å². The smallest absolute Gasteiger partial charge is 0.135 e. The standard InChI is InChI=1S/C16H12FN3S/c1-8-2-5-11-12(6-8)20-16-14(15(18)19-11)10-4-3-9(17)7-13(10)21-16/h2-7,20H,1H3,(H2,18,19). The molecule has 5 heteroatoms. The number of nitrogens with zero attached hydrogens (tertiary/aromatic N) is 1. The molecule has 0 amide bonds. The lowest BCUT2D eigenvalue weighted by Crippen LogP contribution is -2.12. The van der Waals surface area contributed by atoms with Crippen LogP contribution in [0.3, 0.4) is 0 Å². The van der Waals surface area contributed by atoms with Crippen LogP contribution in [0, 0.1) is 12.7 Å². The summed E-state index contributed by atoms with van der Waals surface area (Å²) in [7, 11) is 0. The molecule has 3 N–H and O–H groups in total. The lowest BCUT2D eigenvalue weighted by Gasteiger charge is -2.06. The number of rotatable bonds is 0. The van der Waals surface area contributed by atoms with E-state index in [4.69, 9.17) is 5.73 Å². The van der Waals surface area contributed by atoms with Crippen LogP contribution in [0.1, 0.15) is 11.1 Å². The summed E-state index contributed by atoms with van der Waals surface area (Å²) in [6, 6.07) is 10.7. The van der Waals surface area contributed by atoms with Crippen molar-refractivity contribution in [1.82, 2.24) is 0 Å². The number of halogens is 1. The zero-order valence-electron chi connectivity index (χ0n) is 11.3. The lowest BCUT2D eigenvalue weighted by atomic mass is 10.1. The van der Waals surface area contributed by atoms with E-state index in [0.29, 0.717) is 5.84 Å². The fraction of sp³-hybridized carbons (Fsp3) is 0.0625. The first-order chi connectivity index (χ1) is 10.1. The van der Waals surface area contributed by atoms with Crippen LogP contribution in [-0.2, 0) is 0 Å². The van der Waals surface area contributed by atoms with Crippen LogP contribution in [0.25, 0.3) is 10.1 Å². The zero-order chi connectivity index (χ0) is 14.6. The highest BCUT2D eigenvalue weighted by atomic mass is 32.1. The Labute approximate surface area is 124 Å². The fourth-order valence-electron chi connectivity index (χ4n) is 2.57. The Kier molecular flexibility index (Phi) is 2.53. The van der Waals surface area contributed by atoms with Gasteiger partial charge in [0.1, 0.15) is 16.7 Å². The lowest BCUT2D eigenvalue weighted by molar-refractivity contribution is 0.630. The molecule has 21 heavy (non-hydrogen) atoms. The molecule has 0 spiro atoms. The number of nitrogens with two attached hydrogens (primary N) is 1. The molecule has 3 nitrogen and oxygen atoms in total. The fourth-order valence-corrected chi connectivity index (χ4v) is 3.72. The SMILES string of the molecule is Cc1ccc2c(c1)Nc1sc3cc(F)ccc3c1C(N)=N2. The minimum atomic E-state index is -0.245. The number of amidine groups is 1. The highest BCUT2D eigenvalue weighted by molar-refractivity contribution is 7.23. The van der Waals surface area contributed by atoms with Gasteiger partial charge in [0.25, 0.3) is 0 Å². The molecule has 0 fully saturated rings. The summed E-state index contributed by atoms with van der Waals surface area (Å²) in [4.78, 5) is 4.51. The van der Waals surface area contributed by atoms with Gasteiger partial charge in [-0.25, -0.2) is 9.38 Å². The van der Waals surface area contributed by atoms with Crippen LogP contribution in [-0.4, -0.2) is 5.84 Å². The highest BCUT2D eigenvalue weighted by Gasteiger charge is 2.20. The molecule has 2 aromatic carbocycles. The molecule has 1 aliphatic rings. The maximum Gasteiger partial charge on any atom is 0.135 e. The molecular formula is C16H12FN3S. The number of hydrogen-bond donors (Lipinski definition) is 2. The molecule has 1 aromatic heterocycles. The van der Waals surface area contributed by atoms with Crippen LogP contribution < -0.4 is 11.1 Å². The molecule has 0 saturated heterocycles. The number of fused-ring (bicyclic) bond motifs is 4. The predicted octanol–water partition coefficient (Wildman–Crippen LogP) is 4.44. The first kappa shape index (κ1) is 12.3. The Balaban J connectivity index is 2.01. The summed E-state index contributed by atoms with van der Waals surface area (Å²) < 4.78 is 14.3. The predicted molar refractivity (Wildman–Crippen MR) is 86.6 cm³/mol. The minimum absolute atomic E-state index is 0.245. The van der Waals surface area contributed by atoms with Crippen LogP contribution in [0.15, 0.2) is 41.4 Å². The van der Waals surface area contributed by atoms with E-state index >= 15 is 0 Å². The van der Waals surface area contributed by atoms with Crippen molar-refractivity contribution in [2.24, 2.45) is 10.7 Å². The number of hydrogen-bond acceptors (Lipinski definition) is 4. The Morgan fingerprint density at radius 1 is 1.19 bits per heavy atom. The molecule has 104 valence electrons. The van der Waals surface area contributed by atoms with E-state index in [9.17, 15) is 4.39 Å². The molecule has 2 heterocycles. The Bertz CT molecular complexity index is 911. The van der Waals surface area contributed by atoms with Crippen molar-refractivity contribution in [2.75, 3.05) is 5.32 Å². The van der Waals surface area contributed by atoms with Gasteiger partial charge in [-0.05, 0) is 42.8 Å². The van der Waals surface area contributed by atoms with Gasteiger partial charge < -0.3 is 11.1 Å². The molecule has 1 aliphatic heterocycles. The van der Waals surface area contributed by atoms with E-state index in [1.165, 1.54) is 23.5 Å². The molecule has 0 aliphatic carbocycles. The average molecular weight is 297 g/mol. The van der Waals surface area contributed by atoms with E-state index in [2.05, 4.69) is 10.3 Å². The molecule has 0 radical (unpaired) electrons. The van der Waals surface area contributed by atoms with Gasteiger partial charge in [-0.15, -0.1) is 11.3 Å². The van der Waals surface area contributed by atoms with Gasteiger partial charge in [0.05, 0.1) is 16.9 Å². The van der Waals surface area contributed by atoms with E-state index in [-0.39, 0.29) is 5.82 Å². The number of aliphatic imine (C=N–C) groups is 1. The topological polar surface area (TPSA) is 50.4 Å². The average Bonchev–Trinajstić information content (AvgIpc) is 2.72. The molecule has 4 rings (SSSR count). The van der Waals surface area contributed by atoms with Crippen molar-refractivity contribution in [2.45, 2.75) is 6.92 Å². The third-order valence-corrected chi connectivity index (χ3v) is 4.62. The van der Waals surface area contributed by atoms with Crippen LogP contribution in [0.5, 0.6) is 0 Å². The van der Waals surface area contributed by atoms with Crippen LogP contribution in [0.4, 0.5) is 20.8 Å². The summed E-state index contributed by atoms with van der Waals surface area (Å²) in [5.74, 6) is 0.212. The van der Waals surface area contributed by atoms with Gasteiger partial charge in [0, 0.05) is 10.1 Å². The van der Waals surface area contributed by atoms with Crippen LogP contribution in [0.2, 0.25) is 0 Å². The second-order valence-corrected chi connectivity index (χ2v) is 6.14. The second kappa shape index (κ2) is 4.30. The first-order valence-electron chi connectivity index (χ1n) is 6.56. The molecule has 0 saturated carbocycles. The number of aryl methyl sites for hydroxylation is 1. The Morgan fingerprint density at radius 2 is 2.05 bits per heavy atom. The van der Waals surface area contributed by atoms with Crippen molar-refractivity contribution < 1.29 is 4.39 Å². The first-order valence-corrected chi connectivity index (χ1v) is 7.38. The van der Waals surface area contributed by atoms with Gasteiger partial charge in [-0.2, -0.15) is 0 Å². The number of benzene rings is 2. The largest absolute Gasteiger partial charge is 0.383 e. The number of thiophene rings is 1. The van der Waals surface area contributed by atoms with Gasteiger partial charge in [-0.3, -0.25) is 0 Å². The van der Waals surface area contributed by atoms with E-state index < -0.39 is 0 Å². The molecule has 0 unspecified atom stereocenters. The maximum absolute atomic E-state index is 13.4. The van der Waals surface area contributed by atoms with Gasteiger partial charge >= 0.3 is 0 Å². The Morgan fingerprint density at radius 3 is 2.90 bits per heavy atom. The minimum Gasteiger partial charge on any atom is -0.383 e. The Hall–Kier alpha value is -2.40. The molecule has 0 atom stereocenters. The maximum atomic E-state index is 13.4. The quantitative estimate of drug-likeness (QED) is 0.644. The normalized spacial score (nSPS) is 13.1. The van der Waals surface area contributed by atoms with E-state index in [0.717, 1.165) is 37.6 Å². The van der Waals surface area contributed by atoms with Crippen LogP contribution >= 0.6 is 11.3 Å².